The first-order valence-corrected chi connectivity index (χ1v) is 9.83. The highest BCUT2D eigenvalue weighted by Crippen LogP contribution is 2.49. The third-order valence-electron chi connectivity index (χ3n) is 6.19. The third-order valence-corrected chi connectivity index (χ3v) is 6.19. The fraction of sp³-hybridized carbons (Fsp3) is 0.667. The van der Waals surface area contributed by atoms with Gasteiger partial charge in [0.25, 0.3) is 0 Å². The molecule has 2 aliphatic heterocycles. The van der Waals surface area contributed by atoms with E-state index in [4.69, 9.17) is 9.47 Å². The highest BCUT2D eigenvalue weighted by molar-refractivity contribution is 5.77. The molecular weight excluding hydrogens is 314 g/mol. The maximum absolute atomic E-state index is 12.7. The first-order valence-electron chi connectivity index (χ1n) is 9.83. The first kappa shape index (κ1) is 17.0. The summed E-state index contributed by atoms with van der Waals surface area (Å²) in [6, 6.07) is 10.2. The molecule has 4 rings (SSSR count). The summed E-state index contributed by atoms with van der Waals surface area (Å²) in [6.07, 6.45) is 8.96. The number of hydrogen-bond donors (Lipinski definition) is 0. The molecule has 2 atom stereocenters. The molecule has 0 bridgehead atoms. The lowest BCUT2D eigenvalue weighted by Crippen LogP contribution is -2.61. The zero-order chi connectivity index (χ0) is 17.1. The molecule has 4 nitrogen and oxygen atoms in total. The van der Waals surface area contributed by atoms with Crippen LogP contribution in [0.4, 0.5) is 0 Å². The second-order valence-corrected chi connectivity index (χ2v) is 7.93. The Balaban J connectivity index is 1.39. The van der Waals surface area contributed by atoms with E-state index >= 15 is 0 Å². The van der Waals surface area contributed by atoms with Crippen LogP contribution in [0, 0.1) is 5.41 Å². The van der Waals surface area contributed by atoms with Gasteiger partial charge < -0.3 is 14.4 Å². The number of piperidine rings is 1. The van der Waals surface area contributed by atoms with E-state index in [9.17, 15) is 4.79 Å². The molecule has 2 saturated heterocycles. The van der Waals surface area contributed by atoms with Crippen molar-refractivity contribution in [3.05, 3.63) is 35.9 Å². The summed E-state index contributed by atoms with van der Waals surface area (Å²) in [6.45, 7) is 1.94. The van der Waals surface area contributed by atoms with Crippen LogP contribution < -0.4 is 0 Å². The van der Waals surface area contributed by atoms with Gasteiger partial charge in [-0.15, -0.1) is 0 Å². The van der Waals surface area contributed by atoms with Crippen molar-refractivity contribution >= 4 is 5.91 Å². The number of rotatable bonds is 4. The number of hydrogen-bond acceptors (Lipinski definition) is 3. The molecule has 0 aromatic heterocycles. The van der Waals surface area contributed by atoms with Crippen LogP contribution in [-0.2, 0) is 20.9 Å². The summed E-state index contributed by atoms with van der Waals surface area (Å²) in [7, 11) is 0. The van der Waals surface area contributed by atoms with E-state index in [0.29, 0.717) is 19.6 Å². The second kappa shape index (κ2) is 7.46. The summed E-state index contributed by atoms with van der Waals surface area (Å²) in [4.78, 5) is 14.7. The van der Waals surface area contributed by atoms with Crippen molar-refractivity contribution in [3.8, 4) is 0 Å². The van der Waals surface area contributed by atoms with Gasteiger partial charge >= 0.3 is 0 Å². The van der Waals surface area contributed by atoms with E-state index < -0.39 is 0 Å². The van der Waals surface area contributed by atoms with E-state index in [0.717, 1.165) is 18.5 Å². The molecule has 1 aromatic carbocycles. The van der Waals surface area contributed by atoms with E-state index in [2.05, 4.69) is 12.1 Å². The van der Waals surface area contributed by atoms with Gasteiger partial charge in [0.05, 0.1) is 25.7 Å². The smallest absolute Gasteiger partial charge is 0.227 e. The summed E-state index contributed by atoms with van der Waals surface area (Å²) < 4.78 is 12.3. The Hall–Kier alpha value is -1.39. The Bertz CT molecular complexity index is 577. The van der Waals surface area contributed by atoms with Crippen LogP contribution in [0.1, 0.15) is 56.9 Å². The minimum absolute atomic E-state index is 0.0203. The van der Waals surface area contributed by atoms with Crippen LogP contribution in [0.3, 0.4) is 0 Å². The lowest BCUT2D eigenvalue weighted by Gasteiger charge is -2.54. The van der Waals surface area contributed by atoms with Gasteiger partial charge in [0.15, 0.2) is 0 Å². The molecule has 4 heteroatoms. The molecule has 1 amide bonds. The predicted octanol–water partition coefficient (Wildman–Crippen LogP) is 3.89. The Morgan fingerprint density at radius 3 is 2.64 bits per heavy atom. The average Bonchev–Trinajstić information content (AvgIpc) is 2.65. The zero-order valence-corrected chi connectivity index (χ0v) is 15.0. The van der Waals surface area contributed by atoms with Crippen LogP contribution >= 0.6 is 0 Å². The summed E-state index contributed by atoms with van der Waals surface area (Å²) >= 11 is 0. The van der Waals surface area contributed by atoms with Crippen LogP contribution in [0.25, 0.3) is 0 Å². The molecular formula is C21H29NO3. The Kier molecular flexibility index (Phi) is 5.09. The SMILES string of the molecule is O=C1C[C@H](COCc2ccccc2)O[C@H]2N1CCCC21CCCCC1. The fourth-order valence-electron chi connectivity index (χ4n) is 4.92. The van der Waals surface area contributed by atoms with Crippen molar-refractivity contribution in [1.82, 2.24) is 4.90 Å². The van der Waals surface area contributed by atoms with Gasteiger partial charge in [-0.2, -0.15) is 0 Å². The minimum atomic E-state index is -0.102. The second-order valence-electron chi connectivity index (χ2n) is 7.93. The molecule has 2 heterocycles. The molecule has 136 valence electrons. The number of amides is 1. The molecule has 1 saturated carbocycles. The van der Waals surface area contributed by atoms with E-state index in [1.807, 2.05) is 23.1 Å². The number of carbonyl (C=O) groups is 1. The third kappa shape index (κ3) is 3.61. The van der Waals surface area contributed by atoms with E-state index in [1.165, 1.54) is 38.5 Å². The molecule has 1 aromatic rings. The van der Waals surface area contributed by atoms with E-state index in [-0.39, 0.29) is 23.7 Å². The van der Waals surface area contributed by atoms with Crippen molar-refractivity contribution in [2.45, 2.75) is 70.3 Å². The quantitative estimate of drug-likeness (QED) is 0.832. The fourth-order valence-corrected chi connectivity index (χ4v) is 4.92. The number of fused-ring (bicyclic) bond motifs is 2. The summed E-state index contributed by atoms with van der Waals surface area (Å²) in [5.74, 6) is 0.259. The molecule has 1 spiro atoms. The maximum Gasteiger partial charge on any atom is 0.227 e. The molecule has 3 fully saturated rings. The number of nitrogens with zero attached hydrogens (tertiary/aromatic N) is 1. The topological polar surface area (TPSA) is 38.8 Å². The van der Waals surface area contributed by atoms with Gasteiger partial charge in [0.1, 0.15) is 6.23 Å². The van der Waals surface area contributed by atoms with Gasteiger partial charge in [0.2, 0.25) is 5.91 Å². The highest BCUT2D eigenvalue weighted by atomic mass is 16.6. The van der Waals surface area contributed by atoms with Crippen molar-refractivity contribution in [1.29, 1.82) is 0 Å². The van der Waals surface area contributed by atoms with Gasteiger partial charge in [-0.25, -0.2) is 0 Å². The summed E-state index contributed by atoms with van der Waals surface area (Å²) in [5.41, 5.74) is 1.36. The van der Waals surface area contributed by atoms with Crippen LogP contribution in [0.5, 0.6) is 0 Å². The minimum Gasteiger partial charge on any atom is -0.374 e. The van der Waals surface area contributed by atoms with Gasteiger partial charge in [0, 0.05) is 12.0 Å². The van der Waals surface area contributed by atoms with Crippen molar-refractivity contribution in [2.75, 3.05) is 13.2 Å². The zero-order valence-electron chi connectivity index (χ0n) is 15.0. The molecule has 0 unspecified atom stereocenters. The van der Waals surface area contributed by atoms with Gasteiger partial charge in [-0.1, -0.05) is 49.6 Å². The first-order chi connectivity index (χ1) is 12.3. The van der Waals surface area contributed by atoms with Gasteiger partial charge in [-0.05, 0) is 31.2 Å². The van der Waals surface area contributed by atoms with Crippen molar-refractivity contribution in [3.63, 3.8) is 0 Å². The molecule has 0 N–H and O–H groups in total. The molecule has 1 aliphatic carbocycles. The molecule has 25 heavy (non-hydrogen) atoms. The number of ether oxygens (including phenoxy) is 2. The molecule has 0 radical (unpaired) electrons. The van der Waals surface area contributed by atoms with Crippen LogP contribution in [-0.4, -0.2) is 36.3 Å². The summed E-state index contributed by atoms with van der Waals surface area (Å²) in [5, 5.41) is 0. The van der Waals surface area contributed by atoms with Crippen LogP contribution in [0.15, 0.2) is 30.3 Å². The average molecular weight is 343 g/mol. The predicted molar refractivity (Wildman–Crippen MR) is 95.8 cm³/mol. The molecule has 3 aliphatic rings. The van der Waals surface area contributed by atoms with Crippen LogP contribution in [0.2, 0.25) is 0 Å². The Labute approximate surface area is 150 Å². The lowest BCUT2D eigenvalue weighted by molar-refractivity contribution is -0.228. The Morgan fingerprint density at radius 2 is 1.84 bits per heavy atom. The largest absolute Gasteiger partial charge is 0.374 e. The van der Waals surface area contributed by atoms with Gasteiger partial charge in [-0.3, -0.25) is 4.79 Å². The van der Waals surface area contributed by atoms with Crippen molar-refractivity contribution in [2.24, 2.45) is 5.41 Å². The number of carbonyl (C=O) groups excluding carboxylic acids is 1. The Morgan fingerprint density at radius 1 is 1.08 bits per heavy atom. The van der Waals surface area contributed by atoms with E-state index in [1.54, 1.807) is 0 Å². The normalized spacial score (nSPS) is 28.8. The highest BCUT2D eigenvalue weighted by Gasteiger charge is 2.50. The standard InChI is InChI=1S/C21H29NO3/c23-19-14-18(16-24-15-17-8-3-1-4-9-17)25-20-21(10-5-2-6-11-21)12-7-13-22(19)20/h1,3-4,8-9,18,20H,2,5-7,10-16H2/t18-,20-/m1/s1. The lowest BCUT2D eigenvalue weighted by atomic mass is 9.67. The monoisotopic (exact) mass is 343 g/mol. The number of benzene rings is 1. The van der Waals surface area contributed by atoms with Crippen molar-refractivity contribution < 1.29 is 14.3 Å². The maximum atomic E-state index is 12.7.